The number of hydrogen-bond acceptors (Lipinski definition) is 1. The van der Waals surface area contributed by atoms with Crippen molar-refractivity contribution in [3.05, 3.63) is 29.8 Å². The van der Waals surface area contributed by atoms with Gasteiger partial charge in [-0.05, 0) is 18.4 Å². The SMILES string of the molecule is CCCCCCCCc1cccc([O-])c1.[K+]. The molecule has 0 atom stereocenters. The van der Waals surface area contributed by atoms with Gasteiger partial charge in [-0.15, -0.1) is 5.75 Å². The van der Waals surface area contributed by atoms with Crippen LogP contribution in [-0.2, 0) is 6.42 Å². The second kappa shape index (κ2) is 10.8. The normalized spacial score (nSPS) is 9.81. The molecule has 0 aliphatic carbocycles. The maximum Gasteiger partial charge on any atom is 1.00 e. The summed E-state index contributed by atoms with van der Waals surface area (Å²) in [4.78, 5) is 0. The molecule has 0 saturated heterocycles. The second-order valence-corrected chi connectivity index (χ2v) is 4.17. The van der Waals surface area contributed by atoms with E-state index in [1.807, 2.05) is 12.1 Å². The molecular formula is C14H21KO. The van der Waals surface area contributed by atoms with E-state index < -0.39 is 0 Å². The summed E-state index contributed by atoms with van der Waals surface area (Å²) in [7, 11) is 0. The van der Waals surface area contributed by atoms with E-state index >= 15 is 0 Å². The van der Waals surface area contributed by atoms with Gasteiger partial charge in [-0.3, -0.25) is 0 Å². The van der Waals surface area contributed by atoms with Crippen molar-refractivity contribution in [2.24, 2.45) is 0 Å². The van der Waals surface area contributed by atoms with Crippen molar-refractivity contribution < 1.29 is 56.5 Å². The van der Waals surface area contributed by atoms with Crippen molar-refractivity contribution in [2.75, 3.05) is 0 Å². The summed E-state index contributed by atoms with van der Waals surface area (Å²) in [5, 5.41) is 11.1. The van der Waals surface area contributed by atoms with Crippen molar-refractivity contribution in [3.8, 4) is 5.75 Å². The van der Waals surface area contributed by atoms with Crippen LogP contribution in [0, 0.1) is 0 Å². The molecule has 1 aromatic carbocycles. The number of aryl methyl sites for hydroxylation is 1. The Labute approximate surface area is 142 Å². The summed E-state index contributed by atoms with van der Waals surface area (Å²) in [6.45, 7) is 2.24. The molecule has 0 aromatic heterocycles. The molecule has 0 amide bonds. The van der Waals surface area contributed by atoms with Crippen molar-refractivity contribution in [2.45, 2.75) is 51.9 Å². The summed E-state index contributed by atoms with van der Waals surface area (Å²) in [5.41, 5.74) is 1.19. The molecule has 0 N–H and O–H groups in total. The Balaban J connectivity index is 0.00000225. The van der Waals surface area contributed by atoms with Gasteiger partial charge in [0.2, 0.25) is 0 Å². The Morgan fingerprint density at radius 1 is 1.00 bits per heavy atom. The van der Waals surface area contributed by atoms with Crippen LogP contribution in [0.3, 0.4) is 0 Å². The topological polar surface area (TPSA) is 23.1 Å². The van der Waals surface area contributed by atoms with E-state index in [0.717, 1.165) is 6.42 Å². The molecule has 0 unspecified atom stereocenters. The van der Waals surface area contributed by atoms with Crippen LogP contribution >= 0.6 is 0 Å². The standard InChI is InChI=1S/C14H22O.K/c1-2-3-4-5-6-7-9-13-10-8-11-14(15)12-13;/h8,10-12,15H,2-7,9H2,1H3;/q;+1/p-1. The van der Waals surface area contributed by atoms with Gasteiger partial charge in [0.25, 0.3) is 0 Å². The van der Waals surface area contributed by atoms with E-state index in [1.54, 1.807) is 12.1 Å². The summed E-state index contributed by atoms with van der Waals surface area (Å²) in [6.07, 6.45) is 8.93. The van der Waals surface area contributed by atoms with Crippen molar-refractivity contribution >= 4 is 0 Å². The van der Waals surface area contributed by atoms with Gasteiger partial charge in [-0.1, -0.05) is 63.3 Å². The molecule has 0 radical (unpaired) electrons. The Hall–Kier alpha value is 0.656. The minimum Gasteiger partial charge on any atom is -0.872 e. The average molecular weight is 244 g/mol. The first kappa shape index (κ1) is 16.7. The van der Waals surface area contributed by atoms with Crippen molar-refractivity contribution in [3.63, 3.8) is 0 Å². The molecule has 16 heavy (non-hydrogen) atoms. The molecule has 2 heteroatoms. The molecule has 1 nitrogen and oxygen atoms in total. The van der Waals surface area contributed by atoms with E-state index in [2.05, 4.69) is 6.92 Å². The van der Waals surface area contributed by atoms with Gasteiger partial charge >= 0.3 is 51.4 Å². The van der Waals surface area contributed by atoms with Crippen molar-refractivity contribution in [1.29, 1.82) is 0 Å². The van der Waals surface area contributed by atoms with E-state index in [9.17, 15) is 5.11 Å². The first-order valence-electron chi connectivity index (χ1n) is 6.09. The fraction of sp³-hybridized carbons (Fsp3) is 0.571. The van der Waals surface area contributed by atoms with Gasteiger partial charge < -0.3 is 5.11 Å². The Morgan fingerprint density at radius 3 is 2.38 bits per heavy atom. The Kier molecular flexibility index (Phi) is 11.2. The number of rotatable bonds is 7. The monoisotopic (exact) mass is 244 g/mol. The quantitative estimate of drug-likeness (QED) is 0.511. The summed E-state index contributed by atoms with van der Waals surface area (Å²) < 4.78 is 0. The molecule has 0 saturated carbocycles. The first-order chi connectivity index (χ1) is 7.33. The Morgan fingerprint density at radius 2 is 1.69 bits per heavy atom. The maximum atomic E-state index is 11.1. The molecule has 1 aromatic rings. The van der Waals surface area contributed by atoms with Gasteiger partial charge in [-0.25, -0.2) is 0 Å². The van der Waals surface area contributed by atoms with Gasteiger partial charge in [0, 0.05) is 0 Å². The van der Waals surface area contributed by atoms with Crippen LogP contribution in [0.2, 0.25) is 0 Å². The van der Waals surface area contributed by atoms with Crippen LogP contribution in [-0.4, -0.2) is 0 Å². The minimum atomic E-state index is 0. The zero-order chi connectivity index (χ0) is 10.9. The number of hydrogen-bond donors (Lipinski definition) is 0. The van der Waals surface area contributed by atoms with Crippen LogP contribution < -0.4 is 56.5 Å². The predicted octanol–water partition coefficient (Wildman–Crippen LogP) is 0.667. The zero-order valence-corrected chi connectivity index (χ0v) is 13.8. The van der Waals surface area contributed by atoms with Gasteiger partial charge in [0.1, 0.15) is 0 Å². The summed E-state index contributed by atoms with van der Waals surface area (Å²) >= 11 is 0. The molecular weight excluding hydrogens is 223 g/mol. The third-order valence-electron chi connectivity index (χ3n) is 2.72. The van der Waals surface area contributed by atoms with Gasteiger partial charge in [0.15, 0.2) is 0 Å². The second-order valence-electron chi connectivity index (χ2n) is 4.17. The van der Waals surface area contributed by atoms with Crippen LogP contribution in [0.4, 0.5) is 0 Å². The zero-order valence-electron chi connectivity index (χ0n) is 10.7. The van der Waals surface area contributed by atoms with Crippen molar-refractivity contribution in [1.82, 2.24) is 0 Å². The smallest absolute Gasteiger partial charge is 0.872 e. The molecule has 0 aliphatic rings. The van der Waals surface area contributed by atoms with Gasteiger partial charge in [0.05, 0.1) is 0 Å². The van der Waals surface area contributed by atoms with E-state index in [0.29, 0.717) is 0 Å². The number of benzene rings is 1. The molecule has 0 bridgehead atoms. The van der Waals surface area contributed by atoms with E-state index in [-0.39, 0.29) is 57.1 Å². The molecule has 0 spiro atoms. The van der Waals surface area contributed by atoms with Crippen LogP contribution in [0.1, 0.15) is 51.0 Å². The summed E-state index contributed by atoms with van der Waals surface area (Å²) in [5.74, 6) is 0.137. The third-order valence-corrected chi connectivity index (χ3v) is 2.72. The largest absolute Gasteiger partial charge is 1.00 e. The first-order valence-corrected chi connectivity index (χ1v) is 6.09. The van der Waals surface area contributed by atoms with Crippen LogP contribution in [0.25, 0.3) is 0 Å². The van der Waals surface area contributed by atoms with E-state index in [1.165, 1.54) is 44.1 Å². The maximum absolute atomic E-state index is 11.1. The molecule has 84 valence electrons. The third kappa shape index (κ3) is 7.85. The molecule has 0 heterocycles. The molecule has 0 fully saturated rings. The van der Waals surface area contributed by atoms with Crippen LogP contribution in [0.15, 0.2) is 24.3 Å². The Bertz CT molecular complexity index is 273. The predicted molar refractivity (Wildman–Crippen MR) is 63.0 cm³/mol. The van der Waals surface area contributed by atoms with Gasteiger partial charge in [-0.2, -0.15) is 0 Å². The fourth-order valence-corrected chi connectivity index (χ4v) is 1.81. The molecule has 1 rings (SSSR count). The fourth-order valence-electron chi connectivity index (χ4n) is 1.81. The average Bonchev–Trinajstić information content (AvgIpc) is 2.23. The van der Waals surface area contributed by atoms with E-state index in [4.69, 9.17) is 0 Å². The summed E-state index contributed by atoms with van der Waals surface area (Å²) in [6, 6.07) is 7.28. The van der Waals surface area contributed by atoms with Crippen LogP contribution in [0.5, 0.6) is 5.75 Å². The number of unbranched alkanes of at least 4 members (excludes halogenated alkanes) is 5. The molecule has 0 aliphatic heterocycles. The minimum absolute atomic E-state index is 0.